The van der Waals surface area contributed by atoms with Gasteiger partial charge in [0.05, 0.1) is 21.8 Å². The van der Waals surface area contributed by atoms with Gasteiger partial charge >= 0.3 is 0 Å². The molecular weight excluding hydrogens is 666 g/mol. The summed E-state index contributed by atoms with van der Waals surface area (Å²) in [6, 6.07) is 26.2. The molecular formula is C40H36FN5O4S. The van der Waals surface area contributed by atoms with Crippen LogP contribution in [0.2, 0.25) is 0 Å². The van der Waals surface area contributed by atoms with Crippen molar-refractivity contribution in [3.63, 3.8) is 0 Å². The van der Waals surface area contributed by atoms with Gasteiger partial charge in [-0.05, 0) is 92.4 Å². The Bertz CT molecular complexity index is 2150. The number of ether oxygens (including phenoxy) is 1. The van der Waals surface area contributed by atoms with Gasteiger partial charge in [0.2, 0.25) is 0 Å². The maximum atomic E-state index is 14.2. The lowest BCUT2D eigenvalue weighted by Crippen LogP contribution is -2.59. The van der Waals surface area contributed by atoms with E-state index >= 15 is 0 Å². The smallest absolute Gasteiger partial charge is 0.265 e. The first-order chi connectivity index (χ1) is 24.8. The maximum absolute atomic E-state index is 14.2. The van der Waals surface area contributed by atoms with Crippen LogP contribution in [0.25, 0.3) is 10.4 Å². The monoisotopic (exact) mass is 701 g/mol. The van der Waals surface area contributed by atoms with Crippen molar-refractivity contribution in [2.45, 2.75) is 26.2 Å². The molecule has 0 aliphatic carbocycles. The minimum Gasteiger partial charge on any atom is -0.381 e. The molecule has 0 bridgehead atoms. The molecule has 0 unspecified atom stereocenters. The number of nitrogens with one attached hydrogen (secondary N) is 2. The van der Waals surface area contributed by atoms with Gasteiger partial charge in [0.25, 0.3) is 17.7 Å². The highest BCUT2D eigenvalue weighted by Crippen LogP contribution is 2.43. The predicted molar refractivity (Wildman–Crippen MR) is 198 cm³/mol. The number of halogens is 1. The fraction of sp³-hybridized carbons (Fsp3) is 0.250. The zero-order valence-corrected chi connectivity index (χ0v) is 28.9. The Morgan fingerprint density at radius 3 is 2.41 bits per heavy atom. The highest BCUT2D eigenvalue weighted by atomic mass is 32.1. The molecule has 0 atom stereocenters. The molecule has 1 spiro atoms. The van der Waals surface area contributed by atoms with Gasteiger partial charge in [-0.3, -0.25) is 14.4 Å². The Hall–Kier alpha value is -5.39. The number of pyridine rings is 1. The third kappa shape index (κ3) is 6.39. The Morgan fingerprint density at radius 1 is 0.882 bits per heavy atom. The van der Waals surface area contributed by atoms with Gasteiger partial charge in [-0.1, -0.05) is 30.3 Å². The van der Waals surface area contributed by atoms with Gasteiger partial charge in [-0.25, -0.2) is 9.37 Å². The molecule has 5 aromatic rings. The summed E-state index contributed by atoms with van der Waals surface area (Å²) in [5.74, 6) is -0.600. The summed E-state index contributed by atoms with van der Waals surface area (Å²) in [4.78, 5) is 50.7. The minimum atomic E-state index is -0.498. The predicted octanol–water partition coefficient (Wildman–Crippen LogP) is 7.58. The molecule has 51 heavy (non-hydrogen) atoms. The number of rotatable bonds is 6. The van der Waals surface area contributed by atoms with Gasteiger partial charge in [-0.2, -0.15) is 0 Å². The fourth-order valence-electron chi connectivity index (χ4n) is 7.21. The normalized spacial score (nSPS) is 16.0. The number of thiophene rings is 1. The van der Waals surface area contributed by atoms with Crippen LogP contribution in [0.1, 0.15) is 54.5 Å². The van der Waals surface area contributed by atoms with Gasteiger partial charge in [0.15, 0.2) is 0 Å². The summed E-state index contributed by atoms with van der Waals surface area (Å²) in [5.41, 5.74) is 5.34. The van der Waals surface area contributed by atoms with Crippen molar-refractivity contribution in [1.29, 1.82) is 0 Å². The summed E-state index contributed by atoms with van der Waals surface area (Å²) >= 11 is 1.33. The average Bonchev–Trinajstić information content (AvgIpc) is 3.50. The number of aromatic nitrogens is 1. The number of hydrogen-bond donors (Lipinski definition) is 2. The summed E-state index contributed by atoms with van der Waals surface area (Å²) < 4.78 is 19.8. The van der Waals surface area contributed by atoms with Crippen LogP contribution in [-0.2, 0) is 11.2 Å². The molecule has 0 radical (unpaired) electrons. The molecule has 2 saturated heterocycles. The van der Waals surface area contributed by atoms with E-state index in [2.05, 4.69) is 15.5 Å². The van der Waals surface area contributed by atoms with Gasteiger partial charge in [0, 0.05) is 65.6 Å². The van der Waals surface area contributed by atoms with E-state index in [1.165, 1.54) is 23.5 Å². The molecule has 2 aromatic heterocycles. The van der Waals surface area contributed by atoms with Crippen molar-refractivity contribution >= 4 is 51.9 Å². The van der Waals surface area contributed by atoms with Crippen LogP contribution in [0.4, 0.5) is 27.3 Å². The number of aryl methyl sites for hydroxylation is 1. The number of nitrogens with zero attached hydrogens (tertiary/aromatic N) is 3. The van der Waals surface area contributed by atoms with Crippen molar-refractivity contribution < 1.29 is 23.5 Å². The standard InChI is InChI=1S/C40H36FN5O4S/c1-25-10-15-30(36(42-25)45-23-40(24-45)17-20-50-21-18-40)37(47)43-28-13-11-26(12-14-28)39(49)46-19-16-27-22-34(38(48)44-32-8-4-3-7-31(32)41)51-35(27)29-6-2-5-9-33(29)46/h2-15,22H,16-21,23-24H2,1H3,(H,43,47)(H,44,48). The van der Waals surface area contributed by atoms with Crippen molar-refractivity contribution in [1.82, 2.24) is 4.98 Å². The topological polar surface area (TPSA) is 104 Å². The maximum Gasteiger partial charge on any atom is 0.265 e. The highest BCUT2D eigenvalue weighted by molar-refractivity contribution is 7.17. The quantitative estimate of drug-likeness (QED) is 0.189. The molecule has 3 aromatic carbocycles. The van der Waals surface area contributed by atoms with E-state index in [1.54, 1.807) is 41.3 Å². The second-order valence-corrected chi connectivity index (χ2v) is 14.5. The molecule has 8 rings (SSSR count). The largest absolute Gasteiger partial charge is 0.381 e. The SMILES string of the molecule is Cc1ccc(C(=O)Nc2ccc(C(=O)N3CCc4cc(C(=O)Nc5ccccc5F)sc4-c4ccccc43)cc2)c(N2CC3(CCOCC3)C2)n1. The molecule has 3 aliphatic rings. The number of hydrogen-bond acceptors (Lipinski definition) is 7. The van der Waals surface area contributed by atoms with Crippen LogP contribution >= 0.6 is 11.3 Å². The fourth-order valence-corrected chi connectivity index (χ4v) is 8.35. The van der Waals surface area contributed by atoms with E-state index in [-0.39, 0.29) is 28.8 Å². The van der Waals surface area contributed by atoms with E-state index < -0.39 is 5.82 Å². The Labute approximate surface area is 299 Å². The van der Waals surface area contributed by atoms with Crippen molar-refractivity contribution in [3.8, 4) is 10.4 Å². The molecule has 11 heteroatoms. The number of anilines is 4. The van der Waals surface area contributed by atoms with E-state index in [0.29, 0.717) is 40.5 Å². The highest BCUT2D eigenvalue weighted by Gasteiger charge is 2.45. The van der Waals surface area contributed by atoms with Crippen LogP contribution in [0.15, 0.2) is 91.0 Å². The Morgan fingerprint density at radius 2 is 1.63 bits per heavy atom. The first-order valence-electron chi connectivity index (χ1n) is 17.1. The number of carbonyl (C=O) groups excluding carboxylic acids is 3. The number of para-hydroxylation sites is 2. The summed E-state index contributed by atoms with van der Waals surface area (Å²) in [6.45, 7) is 5.62. The lowest BCUT2D eigenvalue weighted by Gasteiger charge is -2.53. The molecule has 0 saturated carbocycles. The van der Waals surface area contributed by atoms with E-state index in [4.69, 9.17) is 9.72 Å². The number of fused-ring (bicyclic) bond motifs is 3. The number of benzene rings is 3. The molecule has 3 aliphatic heterocycles. The first kappa shape index (κ1) is 32.8. The van der Waals surface area contributed by atoms with E-state index in [0.717, 1.165) is 66.5 Å². The number of amides is 3. The summed E-state index contributed by atoms with van der Waals surface area (Å²) in [6.07, 6.45) is 2.59. The molecule has 2 N–H and O–H groups in total. The van der Waals surface area contributed by atoms with E-state index in [1.807, 2.05) is 49.4 Å². The first-order valence-corrected chi connectivity index (χ1v) is 17.9. The molecule has 3 amide bonds. The third-order valence-corrected chi connectivity index (χ3v) is 11.2. The van der Waals surface area contributed by atoms with Crippen LogP contribution in [0, 0.1) is 18.2 Å². The number of carbonyl (C=O) groups is 3. The lowest BCUT2D eigenvalue weighted by molar-refractivity contribution is -0.000519. The molecule has 258 valence electrons. The van der Waals surface area contributed by atoms with Crippen molar-refractivity contribution in [3.05, 3.63) is 124 Å². The van der Waals surface area contributed by atoms with Crippen molar-refractivity contribution in [2.75, 3.05) is 53.3 Å². The van der Waals surface area contributed by atoms with Crippen LogP contribution < -0.4 is 20.4 Å². The minimum absolute atomic E-state index is 0.126. The second-order valence-electron chi connectivity index (χ2n) is 13.4. The molecule has 5 heterocycles. The summed E-state index contributed by atoms with van der Waals surface area (Å²) in [5, 5.41) is 5.67. The average molecular weight is 702 g/mol. The van der Waals surface area contributed by atoms with Gasteiger partial charge < -0.3 is 25.2 Å². The van der Waals surface area contributed by atoms with Crippen LogP contribution in [0.3, 0.4) is 0 Å². The summed E-state index contributed by atoms with van der Waals surface area (Å²) in [7, 11) is 0. The second kappa shape index (κ2) is 13.4. The third-order valence-electron chi connectivity index (χ3n) is 10.00. The van der Waals surface area contributed by atoms with E-state index in [9.17, 15) is 18.8 Å². The zero-order chi connectivity index (χ0) is 35.1. The zero-order valence-electron chi connectivity index (χ0n) is 28.1. The Balaban J connectivity index is 0.972. The van der Waals surface area contributed by atoms with Crippen LogP contribution in [-0.4, -0.2) is 55.6 Å². The van der Waals surface area contributed by atoms with Crippen molar-refractivity contribution in [2.24, 2.45) is 5.41 Å². The van der Waals surface area contributed by atoms with Gasteiger partial charge in [0.1, 0.15) is 11.6 Å². The Kier molecular flexibility index (Phi) is 8.61. The molecule has 9 nitrogen and oxygen atoms in total. The van der Waals surface area contributed by atoms with Crippen LogP contribution in [0.5, 0.6) is 0 Å². The lowest BCUT2D eigenvalue weighted by atomic mass is 9.73. The van der Waals surface area contributed by atoms with Gasteiger partial charge in [-0.15, -0.1) is 11.3 Å². The molecule has 2 fully saturated rings.